The maximum absolute atomic E-state index is 6.75. The molecule has 0 bridgehead atoms. The molecule has 0 aliphatic heterocycles. The number of aromatic nitrogens is 3. The summed E-state index contributed by atoms with van der Waals surface area (Å²) in [7, 11) is 0. The van der Waals surface area contributed by atoms with Gasteiger partial charge in [0.05, 0.1) is 0 Å². The minimum Gasteiger partial charge on any atom is -0.455 e. The normalized spacial score (nSPS) is 11.7. The van der Waals surface area contributed by atoms with E-state index in [1.807, 2.05) is 24.3 Å². The van der Waals surface area contributed by atoms with Crippen LogP contribution in [-0.4, -0.2) is 15.0 Å². The molecule has 0 saturated heterocycles. The first-order valence-corrected chi connectivity index (χ1v) is 19.9. The Morgan fingerprint density at radius 1 is 0.288 bits per heavy atom. The highest BCUT2D eigenvalue weighted by Crippen LogP contribution is 2.43. The fourth-order valence-corrected chi connectivity index (χ4v) is 8.85. The van der Waals surface area contributed by atoms with Gasteiger partial charge in [-0.25, -0.2) is 15.0 Å². The molecule has 0 spiro atoms. The Bertz CT molecular complexity index is 3590. The summed E-state index contributed by atoms with van der Waals surface area (Å²) < 4.78 is 6.75. The SMILES string of the molecule is c1ccc(-c2ccc(-c3cccc4oc5c6ccccc6c(-c6nc(-c7ccccc7)nc(-c7ccc8ccc9c%10ccccc%10ccc9c8c7)n6)cc5c34)cc2)cc1. The highest BCUT2D eigenvalue weighted by atomic mass is 16.3. The van der Waals surface area contributed by atoms with Crippen LogP contribution in [0.2, 0.25) is 0 Å². The van der Waals surface area contributed by atoms with E-state index in [1.54, 1.807) is 0 Å². The summed E-state index contributed by atoms with van der Waals surface area (Å²) in [6.07, 6.45) is 0. The molecule has 10 aromatic carbocycles. The molecule has 4 heteroatoms. The first kappa shape index (κ1) is 33.2. The van der Waals surface area contributed by atoms with E-state index in [1.165, 1.54) is 38.1 Å². The summed E-state index contributed by atoms with van der Waals surface area (Å²) in [5.74, 6) is 1.85. The van der Waals surface area contributed by atoms with Crippen molar-refractivity contribution in [3.63, 3.8) is 0 Å². The molecule has 4 nitrogen and oxygen atoms in total. The highest BCUT2D eigenvalue weighted by Gasteiger charge is 2.21. The molecule has 2 aromatic heterocycles. The number of benzene rings is 10. The Hall–Kier alpha value is -7.95. The van der Waals surface area contributed by atoms with Crippen LogP contribution in [0.15, 0.2) is 205 Å². The van der Waals surface area contributed by atoms with Crippen LogP contribution in [0.3, 0.4) is 0 Å². The first-order chi connectivity index (χ1) is 29.2. The summed E-state index contributed by atoms with van der Waals surface area (Å²) >= 11 is 0. The molecular formula is C55H33N3O. The van der Waals surface area contributed by atoms with E-state index in [4.69, 9.17) is 19.4 Å². The van der Waals surface area contributed by atoms with Crippen LogP contribution < -0.4 is 0 Å². The van der Waals surface area contributed by atoms with Crippen molar-refractivity contribution in [1.29, 1.82) is 0 Å². The molecule has 0 radical (unpaired) electrons. The van der Waals surface area contributed by atoms with Crippen molar-refractivity contribution in [2.24, 2.45) is 0 Å². The van der Waals surface area contributed by atoms with E-state index in [9.17, 15) is 0 Å². The van der Waals surface area contributed by atoms with Gasteiger partial charge in [0.25, 0.3) is 0 Å². The molecule has 12 aromatic rings. The molecular weight excluding hydrogens is 719 g/mol. The highest BCUT2D eigenvalue weighted by molar-refractivity contribution is 6.22. The van der Waals surface area contributed by atoms with Crippen molar-refractivity contribution in [2.45, 2.75) is 0 Å². The zero-order valence-corrected chi connectivity index (χ0v) is 31.8. The fourth-order valence-electron chi connectivity index (χ4n) is 8.85. The smallest absolute Gasteiger partial charge is 0.164 e. The summed E-state index contributed by atoms with van der Waals surface area (Å²) in [5.41, 5.74) is 9.07. The van der Waals surface area contributed by atoms with Gasteiger partial charge >= 0.3 is 0 Å². The van der Waals surface area contributed by atoms with Gasteiger partial charge in [-0.3, -0.25) is 0 Å². The number of nitrogens with zero attached hydrogens (tertiary/aromatic N) is 3. The topological polar surface area (TPSA) is 51.8 Å². The lowest BCUT2D eigenvalue weighted by Crippen LogP contribution is -2.00. The third-order valence-electron chi connectivity index (χ3n) is 11.7. The van der Waals surface area contributed by atoms with Gasteiger partial charge in [-0.1, -0.05) is 182 Å². The number of rotatable bonds is 5. The van der Waals surface area contributed by atoms with E-state index >= 15 is 0 Å². The third kappa shape index (κ3) is 5.49. The van der Waals surface area contributed by atoms with Gasteiger partial charge in [-0.15, -0.1) is 0 Å². The predicted molar refractivity (Wildman–Crippen MR) is 244 cm³/mol. The fraction of sp³-hybridized carbons (Fsp3) is 0. The second kappa shape index (κ2) is 13.3. The number of hydrogen-bond acceptors (Lipinski definition) is 4. The van der Waals surface area contributed by atoms with E-state index in [0.29, 0.717) is 17.5 Å². The molecule has 12 rings (SSSR count). The lowest BCUT2D eigenvalue weighted by atomic mass is 9.94. The molecule has 0 amide bonds. The van der Waals surface area contributed by atoms with Crippen LogP contribution in [0.4, 0.5) is 0 Å². The second-order valence-electron chi connectivity index (χ2n) is 15.1. The Balaban J connectivity index is 1.08. The summed E-state index contributed by atoms with van der Waals surface area (Å²) in [6, 6.07) is 70.4. The Labute approximate surface area is 339 Å². The molecule has 0 atom stereocenters. The second-order valence-corrected chi connectivity index (χ2v) is 15.1. The van der Waals surface area contributed by atoms with Crippen molar-refractivity contribution < 1.29 is 4.42 Å². The molecule has 0 aliphatic carbocycles. The molecule has 59 heavy (non-hydrogen) atoms. The zero-order chi connectivity index (χ0) is 38.9. The average Bonchev–Trinajstić information content (AvgIpc) is 3.71. The van der Waals surface area contributed by atoms with Crippen molar-refractivity contribution >= 4 is 65.0 Å². The molecule has 274 valence electrons. The summed E-state index contributed by atoms with van der Waals surface area (Å²) in [5, 5.41) is 11.3. The van der Waals surface area contributed by atoms with Crippen molar-refractivity contribution in [3.05, 3.63) is 200 Å². The van der Waals surface area contributed by atoms with Gasteiger partial charge in [0.1, 0.15) is 11.2 Å². The lowest BCUT2D eigenvalue weighted by Gasteiger charge is -2.12. The Kier molecular flexibility index (Phi) is 7.50. The van der Waals surface area contributed by atoms with Gasteiger partial charge in [0.2, 0.25) is 0 Å². The molecule has 0 saturated carbocycles. The van der Waals surface area contributed by atoms with Crippen molar-refractivity contribution in [1.82, 2.24) is 15.0 Å². The monoisotopic (exact) mass is 751 g/mol. The van der Waals surface area contributed by atoms with Gasteiger partial charge in [0.15, 0.2) is 17.5 Å². The van der Waals surface area contributed by atoms with Crippen molar-refractivity contribution in [3.8, 4) is 56.4 Å². The van der Waals surface area contributed by atoms with Crippen LogP contribution in [0.1, 0.15) is 0 Å². The van der Waals surface area contributed by atoms with E-state index in [-0.39, 0.29) is 0 Å². The molecule has 2 heterocycles. The number of fused-ring (bicyclic) bond motifs is 10. The largest absolute Gasteiger partial charge is 0.455 e. The summed E-state index contributed by atoms with van der Waals surface area (Å²) in [6.45, 7) is 0. The van der Waals surface area contributed by atoms with Crippen LogP contribution in [-0.2, 0) is 0 Å². The van der Waals surface area contributed by atoms with E-state index in [0.717, 1.165) is 65.9 Å². The standard InChI is InChI=1S/C55H33N3O/c1-3-12-34(13-4-1)35-22-24-37(25-23-35)42-20-11-21-50-51(42)49-33-48(43-18-9-10-19-46(43)52(49)59-50)55-57-53(39-15-5-2-6-16-39)56-54(58-55)40-27-26-38-29-30-44-41-17-8-7-14-36(41)28-31-45(44)47(38)32-40/h1-33H. The van der Waals surface area contributed by atoms with Crippen LogP contribution in [0, 0.1) is 0 Å². The predicted octanol–water partition coefficient (Wildman–Crippen LogP) is 14.7. The van der Waals surface area contributed by atoms with E-state index in [2.05, 4.69) is 176 Å². The number of hydrogen-bond donors (Lipinski definition) is 0. The van der Waals surface area contributed by atoms with Gasteiger partial charge in [0, 0.05) is 32.8 Å². The Morgan fingerprint density at radius 3 is 1.63 bits per heavy atom. The molecule has 0 aliphatic rings. The third-order valence-corrected chi connectivity index (χ3v) is 11.7. The average molecular weight is 752 g/mol. The van der Waals surface area contributed by atoms with Crippen LogP contribution >= 0.6 is 0 Å². The number of furan rings is 1. The van der Waals surface area contributed by atoms with Crippen LogP contribution in [0.25, 0.3) is 121 Å². The minimum atomic E-state index is 0.606. The Morgan fingerprint density at radius 2 is 0.847 bits per heavy atom. The maximum Gasteiger partial charge on any atom is 0.164 e. The summed E-state index contributed by atoms with van der Waals surface area (Å²) in [4.78, 5) is 15.7. The van der Waals surface area contributed by atoms with Gasteiger partial charge < -0.3 is 4.42 Å². The first-order valence-electron chi connectivity index (χ1n) is 19.9. The minimum absolute atomic E-state index is 0.606. The quantitative estimate of drug-likeness (QED) is 0.164. The lowest BCUT2D eigenvalue weighted by molar-refractivity contribution is 0.673. The maximum atomic E-state index is 6.75. The van der Waals surface area contributed by atoms with Gasteiger partial charge in [-0.05, 0) is 78.2 Å². The van der Waals surface area contributed by atoms with Gasteiger partial charge in [-0.2, -0.15) is 0 Å². The molecule has 0 N–H and O–H groups in total. The molecule has 0 unspecified atom stereocenters. The van der Waals surface area contributed by atoms with E-state index < -0.39 is 0 Å². The zero-order valence-electron chi connectivity index (χ0n) is 31.8. The molecule has 0 fully saturated rings. The van der Waals surface area contributed by atoms with Crippen molar-refractivity contribution in [2.75, 3.05) is 0 Å². The van der Waals surface area contributed by atoms with Crippen LogP contribution in [0.5, 0.6) is 0 Å².